The van der Waals surface area contributed by atoms with Gasteiger partial charge in [-0.2, -0.15) is 0 Å². The number of anilines is 1. The quantitative estimate of drug-likeness (QED) is 0.483. The van der Waals surface area contributed by atoms with Gasteiger partial charge in [-0.15, -0.1) is 23.1 Å². The molecule has 0 radical (unpaired) electrons. The van der Waals surface area contributed by atoms with Crippen molar-refractivity contribution in [3.05, 3.63) is 22.3 Å². The number of aliphatic carboxylic acids is 1. The van der Waals surface area contributed by atoms with Crippen LogP contribution in [0.4, 0.5) is 5.13 Å². The third-order valence-electron chi connectivity index (χ3n) is 3.67. The van der Waals surface area contributed by atoms with E-state index in [1.807, 2.05) is 0 Å². The number of carbonyl (C=O) groups excluding carboxylic acids is 2. The number of β-lactam (4-membered cyclic amide) rings is 1. The summed E-state index contributed by atoms with van der Waals surface area (Å²) < 4.78 is 0. The Kier molecular flexibility index (Phi) is 4.47. The number of nitrogens with one attached hydrogen (secondary N) is 1. The second kappa shape index (κ2) is 6.42. The number of fused-ring (bicyclic) bond motifs is 1. The van der Waals surface area contributed by atoms with E-state index < -0.39 is 29.9 Å². The van der Waals surface area contributed by atoms with E-state index in [0.29, 0.717) is 22.2 Å². The number of hydrogen-bond donors (Lipinski definition) is 4. The lowest BCUT2D eigenvalue weighted by molar-refractivity contribution is -0.150. The fraction of sp³-hybridized carbons (Fsp3) is 0.385. The van der Waals surface area contributed by atoms with Crippen molar-refractivity contribution in [3.63, 3.8) is 0 Å². The van der Waals surface area contributed by atoms with Crippen LogP contribution in [0.2, 0.25) is 0 Å². The van der Waals surface area contributed by atoms with Crippen LogP contribution in [-0.4, -0.2) is 61.7 Å². The second-order valence-corrected chi connectivity index (χ2v) is 7.22. The van der Waals surface area contributed by atoms with Crippen molar-refractivity contribution >= 4 is 46.0 Å². The number of aliphatic hydroxyl groups is 1. The number of nitrogen functional groups attached to an aromatic ring is 1. The summed E-state index contributed by atoms with van der Waals surface area (Å²) in [5.41, 5.74) is 6.12. The number of nitrogens with zero attached hydrogens (tertiary/aromatic N) is 2. The molecule has 0 aliphatic carbocycles. The Morgan fingerprint density at radius 1 is 1.50 bits per heavy atom. The van der Waals surface area contributed by atoms with Crippen LogP contribution in [0.5, 0.6) is 0 Å². The minimum Gasteiger partial charge on any atom is -0.477 e. The minimum absolute atomic E-state index is 0.00160. The molecule has 11 heteroatoms. The first-order chi connectivity index (χ1) is 11.4. The summed E-state index contributed by atoms with van der Waals surface area (Å²) >= 11 is 2.53. The Balaban J connectivity index is 1.68. The summed E-state index contributed by atoms with van der Waals surface area (Å²) in [4.78, 5) is 40.7. The molecule has 2 aliphatic heterocycles. The number of carboxylic acids is 1. The zero-order valence-corrected chi connectivity index (χ0v) is 13.9. The minimum atomic E-state index is -1.26. The molecule has 0 unspecified atom stereocenters. The van der Waals surface area contributed by atoms with Crippen LogP contribution in [0.25, 0.3) is 0 Å². The maximum atomic E-state index is 12.2. The first kappa shape index (κ1) is 16.7. The van der Waals surface area contributed by atoms with Crippen LogP contribution < -0.4 is 11.1 Å². The molecule has 1 saturated heterocycles. The Hall–Kier alpha value is -2.11. The van der Waals surface area contributed by atoms with Gasteiger partial charge in [0.2, 0.25) is 5.91 Å². The van der Waals surface area contributed by atoms with Crippen molar-refractivity contribution in [2.24, 2.45) is 0 Å². The van der Waals surface area contributed by atoms with Gasteiger partial charge in [-0.1, -0.05) is 0 Å². The fourth-order valence-corrected chi connectivity index (χ4v) is 4.50. The normalized spacial score (nSPS) is 22.9. The molecule has 2 amide bonds. The standard InChI is InChI=1S/C13H14N4O5S2/c14-13-15-6(4-24-13)1-7(19)16-8-10(20)17-9(12(21)22)5(2-18)3-23-11(8)17/h4,8,11,18H,1-3H2,(H2,14,15)(H,16,19)(H,21,22)/t8-,11-/m1/s1. The van der Waals surface area contributed by atoms with Gasteiger partial charge in [0.1, 0.15) is 17.1 Å². The van der Waals surface area contributed by atoms with Crippen molar-refractivity contribution in [1.82, 2.24) is 15.2 Å². The van der Waals surface area contributed by atoms with E-state index in [4.69, 9.17) is 5.73 Å². The predicted molar refractivity (Wildman–Crippen MR) is 87.0 cm³/mol. The molecule has 1 aromatic rings. The number of rotatable bonds is 5. The number of thiazole rings is 1. The Bertz CT molecular complexity index is 746. The molecular weight excluding hydrogens is 356 g/mol. The average molecular weight is 370 g/mol. The van der Waals surface area contributed by atoms with Crippen LogP contribution in [0.3, 0.4) is 0 Å². The van der Waals surface area contributed by atoms with E-state index in [-0.39, 0.29) is 18.0 Å². The molecule has 2 aliphatic rings. The van der Waals surface area contributed by atoms with Gasteiger partial charge in [-0.3, -0.25) is 14.5 Å². The van der Waals surface area contributed by atoms with Crippen molar-refractivity contribution < 1.29 is 24.6 Å². The molecule has 0 saturated carbocycles. The topological polar surface area (TPSA) is 146 Å². The maximum absolute atomic E-state index is 12.2. The lowest BCUT2D eigenvalue weighted by Gasteiger charge is -2.49. The van der Waals surface area contributed by atoms with E-state index in [1.54, 1.807) is 5.38 Å². The molecule has 3 rings (SSSR count). The van der Waals surface area contributed by atoms with Crippen molar-refractivity contribution in [2.45, 2.75) is 17.8 Å². The highest BCUT2D eigenvalue weighted by molar-refractivity contribution is 8.00. The number of carbonyl (C=O) groups is 3. The van der Waals surface area contributed by atoms with Gasteiger partial charge in [0.05, 0.1) is 18.7 Å². The van der Waals surface area contributed by atoms with Gasteiger partial charge >= 0.3 is 5.97 Å². The van der Waals surface area contributed by atoms with Gasteiger partial charge in [-0.05, 0) is 5.57 Å². The summed E-state index contributed by atoms with van der Waals surface area (Å²) in [6.45, 7) is -0.423. The summed E-state index contributed by atoms with van der Waals surface area (Å²) in [5.74, 6) is -1.85. The van der Waals surface area contributed by atoms with Crippen LogP contribution in [0.1, 0.15) is 5.69 Å². The molecule has 5 N–H and O–H groups in total. The van der Waals surface area contributed by atoms with E-state index in [0.717, 1.165) is 4.90 Å². The highest BCUT2D eigenvalue weighted by Gasteiger charge is 2.54. The molecule has 128 valence electrons. The lowest BCUT2D eigenvalue weighted by Crippen LogP contribution is -2.70. The number of aromatic nitrogens is 1. The Morgan fingerprint density at radius 2 is 2.25 bits per heavy atom. The second-order valence-electron chi connectivity index (χ2n) is 5.22. The molecule has 0 bridgehead atoms. The first-order valence-electron chi connectivity index (χ1n) is 6.92. The van der Waals surface area contributed by atoms with E-state index in [9.17, 15) is 24.6 Å². The summed E-state index contributed by atoms with van der Waals surface area (Å²) in [7, 11) is 0. The summed E-state index contributed by atoms with van der Waals surface area (Å²) in [5, 5.41) is 22.7. The largest absolute Gasteiger partial charge is 0.477 e. The average Bonchev–Trinajstić information content (AvgIpc) is 2.95. The van der Waals surface area contributed by atoms with Crippen LogP contribution in [-0.2, 0) is 20.8 Å². The monoisotopic (exact) mass is 370 g/mol. The zero-order chi connectivity index (χ0) is 17.4. The van der Waals surface area contributed by atoms with Gasteiger partial charge in [-0.25, -0.2) is 9.78 Å². The molecule has 0 spiro atoms. The van der Waals surface area contributed by atoms with Crippen LogP contribution >= 0.6 is 23.1 Å². The molecular formula is C13H14N4O5S2. The number of carboxylic acid groups (broad SMARTS) is 1. The highest BCUT2D eigenvalue weighted by Crippen LogP contribution is 2.40. The predicted octanol–water partition coefficient (Wildman–Crippen LogP) is -1.00. The number of amides is 2. The van der Waals surface area contributed by atoms with E-state index in [1.165, 1.54) is 23.1 Å². The zero-order valence-electron chi connectivity index (χ0n) is 12.3. The molecule has 0 aromatic carbocycles. The third kappa shape index (κ3) is 2.85. The Labute approximate surface area is 144 Å². The molecule has 1 fully saturated rings. The molecule has 3 heterocycles. The summed E-state index contributed by atoms with van der Waals surface area (Å²) in [6.07, 6.45) is -0.00160. The Morgan fingerprint density at radius 3 is 2.83 bits per heavy atom. The van der Waals surface area contributed by atoms with Gasteiger partial charge in [0.15, 0.2) is 5.13 Å². The van der Waals surface area contributed by atoms with Gasteiger partial charge in [0.25, 0.3) is 5.91 Å². The maximum Gasteiger partial charge on any atom is 0.352 e. The van der Waals surface area contributed by atoms with Crippen molar-refractivity contribution in [3.8, 4) is 0 Å². The van der Waals surface area contributed by atoms with E-state index in [2.05, 4.69) is 10.3 Å². The van der Waals surface area contributed by atoms with Gasteiger partial charge in [0, 0.05) is 11.1 Å². The third-order valence-corrected chi connectivity index (χ3v) is 5.73. The fourth-order valence-electron chi connectivity index (χ4n) is 2.60. The molecule has 1 aromatic heterocycles. The number of aliphatic hydroxyl groups excluding tert-OH is 1. The number of nitrogens with two attached hydrogens (primary N) is 1. The van der Waals surface area contributed by atoms with Crippen molar-refractivity contribution in [1.29, 1.82) is 0 Å². The molecule has 24 heavy (non-hydrogen) atoms. The highest BCUT2D eigenvalue weighted by atomic mass is 32.2. The molecule has 2 atom stereocenters. The SMILES string of the molecule is Nc1nc(CC(=O)N[C@@H]2C(=O)N3C(C(=O)O)=C(CO)CS[C@H]23)cs1. The van der Waals surface area contributed by atoms with Crippen molar-refractivity contribution in [2.75, 3.05) is 18.1 Å². The van der Waals surface area contributed by atoms with Gasteiger partial charge < -0.3 is 21.3 Å². The van der Waals surface area contributed by atoms with Crippen LogP contribution in [0.15, 0.2) is 16.7 Å². The van der Waals surface area contributed by atoms with E-state index >= 15 is 0 Å². The molecule has 9 nitrogen and oxygen atoms in total. The number of hydrogen-bond acceptors (Lipinski definition) is 8. The first-order valence-corrected chi connectivity index (χ1v) is 8.85. The van der Waals surface area contributed by atoms with Crippen LogP contribution in [0, 0.1) is 0 Å². The number of thioether (sulfide) groups is 1. The smallest absolute Gasteiger partial charge is 0.352 e. The summed E-state index contributed by atoms with van der Waals surface area (Å²) in [6, 6.07) is -0.784. The lowest BCUT2D eigenvalue weighted by atomic mass is 10.0.